The van der Waals surface area contributed by atoms with Gasteiger partial charge in [0.15, 0.2) is 0 Å². The van der Waals surface area contributed by atoms with E-state index in [9.17, 15) is 4.79 Å². The molecule has 1 aliphatic heterocycles. The summed E-state index contributed by atoms with van der Waals surface area (Å²) >= 11 is 0. The van der Waals surface area contributed by atoms with Gasteiger partial charge in [-0.25, -0.2) is 0 Å². The third-order valence-electron chi connectivity index (χ3n) is 2.37. The van der Waals surface area contributed by atoms with Gasteiger partial charge in [-0.2, -0.15) is 0 Å². The molecule has 0 radical (unpaired) electrons. The molecule has 0 aromatic heterocycles. The molecule has 1 fully saturated rings. The van der Waals surface area contributed by atoms with E-state index in [-0.39, 0.29) is 5.91 Å². The molecule has 0 bridgehead atoms. The van der Waals surface area contributed by atoms with Crippen molar-refractivity contribution >= 4 is 5.91 Å². The molecule has 0 aliphatic carbocycles. The number of nitrogens with one attached hydrogen (secondary N) is 1. The minimum Gasteiger partial charge on any atom is -0.381 e. The highest BCUT2D eigenvalue weighted by molar-refractivity contribution is 5.92. The number of hydrogen-bond acceptors (Lipinski definition) is 2. The van der Waals surface area contributed by atoms with E-state index in [0.717, 1.165) is 31.8 Å². The second-order valence-electron chi connectivity index (χ2n) is 3.41. The van der Waals surface area contributed by atoms with Gasteiger partial charge >= 0.3 is 0 Å². The molecule has 1 heterocycles. The zero-order chi connectivity index (χ0) is 9.68. The van der Waals surface area contributed by atoms with Crippen LogP contribution in [0.3, 0.4) is 0 Å². The van der Waals surface area contributed by atoms with Gasteiger partial charge < -0.3 is 10.1 Å². The number of allylic oxidation sites excluding steroid dienone is 1. The van der Waals surface area contributed by atoms with E-state index in [0.29, 0.717) is 5.92 Å². The number of hydrogen-bond donors (Lipinski definition) is 1. The van der Waals surface area contributed by atoms with Gasteiger partial charge in [-0.3, -0.25) is 4.79 Å². The van der Waals surface area contributed by atoms with E-state index in [4.69, 9.17) is 4.74 Å². The van der Waals surface area contributed by atoms with E-state index < -0.39 is 0 Å². The van der Waals surface area contributed by atoms with Crippen molar-refractivity contribution in [2.24, 2.45) is 5.92 Å². The van der Waals surface area contributed by atoms with Crippen LogP contribution in [0.5, 0.6) is 0 Å². The highest BCUT2D eigenvalue weighted by Gasteiger charge is 2.16. The SMILES string of the molecule is C/C=C(/C)C(=O)NCC1CCOC1. The molecule has 1 rings (SSSR count). The minimum absolute atomic E-state index is 0.0365. The lowest BCUT2D eigenvalue weighted by molar-refractivity contribution is -0.117. The predicted molar refractivity (Wildman–Crippen MR) is 51.4 cm³/mol. The standard InChI is InChI=1S/C10H17NO2/c1-3-8(2)10(12)11-6-9-4-5-13-7-9/h3,9H,4-7H2,1-2H3,(H,11,12)/b8-3-. The monoisotopic (exact) mass is 183 g/mol. The van der Waals surface area contributed by atoms with Crippen molar-refractivity contribution < 1.29 is 9.53 Å². The van der Waals surface area contributed by atoms with Gasteiger partial charge in [0.1, 0.15) is 0 Å². The van der Waals surface area contributed by atoms with Crippen LogP contribution >= 0.6 is 0 Å². The quantitative estimate of drug-likeness (QED) is 0.665. The van der Waals surface area contributed by atoms with Gasteiger partial charge in [-0.1, -0.05) is 6.08 Å². The fourth-order valence-corrected chi connectivity index (χ4v) is 1.25. The van der Waals surface area contributed by atoms with Gasteiger partial charge in [0.25, 0.3) is 0 Å². The Hall–Kier alpha value is -0.830. The molecular formula is C10H17NO2. The van der Waals surface area contributed by atoms with Crippen LogP contribution in [0.1, 0.15) is 20.3 Å². The molecule has 3 heteroatoms. The van der Waals surface area contributed by atoms with Crippen molar-refractivity contribution in [3.63, 3.8) is 0 Å². The summed E-state index contributed by atoms with van der Waals surface area (Å²) in [5, 5.41) is 2.89. The van der Waals surface area contributed by atoms with Crippen LogP contribution in [-0.2, 0) is 9.53 Å². The summed E-state index contributed by atoms with van der Waals surface area (Å²) in [6, 6.07) is 0. The van der Waals surface area contributed by atoms with Gasteiger partial charge in [0, 0.05) is 24.6 Å². The van der Waals surface area contributed by atoms with Crippen molar-refractivity contribution in [3.8, 4) is 0 Å². The van der Waals surface area contributed by atoms with Crippen molar-refractivity contribution in [2.75, 3.05) is 19.8 Å². The third kappa shape index (κ3) is 3.19. The summed E-state index contributed by atoms with van der Waals surface area (Å²) in [6.45, 7) is 6.05. The van der Waals surface area contributed by atoms with Crippen LogP contribution in [0.15, 0.2) is 11.6 Å². The van der Waals surface area contributed by atoms with E-state index in [1.807, 2.05) is 19.9 Å². The second-order valence-corrected chi connectivity index (χ2v) is 3.41. The van der Waals surface area contributed by atoms with E-state index in [2.05, 4.69) is 5.32 Å². The highest BCUT2D eigenvalue weighted by atomic mass is 16.5. The number of carbonyl (C=O) groups is 1. The molecule has 74 valence electrons. The summed E-state index contributed by atoms with van der Waals surface area (Å²) in [7, 11) is 0. The Morgan fingerprint density at radius 3 is 3.00 bits per heavy atom. The van der Waals surface area contributed by atoms with Crippen LogP contribution in [-0.4, -0.2) is 25.7 Å². The van der Waals surface area contributed by atoms with E-state index in [1.165, 1.54) is 0 Å². The fourth-order valence-electron chi connectivity index (χ4n) is 1.25. The van der Waals surface area contributed by atoms with Gasteiger partial charge in [0.2, 0.25) is 5.91 Å². The molecule has 0 aromatic carbocycles. The van der Waals surface area contributed by atoms with Crippen LogP contribution in [0, 0.1) is 5.92 Å². The summed E-state index contributed by atoms with van der Waals surface area (Å²) in [4.78, 5) is 11.3. The maximum atomic E-state index is 11.3. The maximum Gasteiger partial charge on any atom is 0.246 e. The van der Waals surface area contributed by atoms with Crippen molar-refractivity contribution in [1.82, 2.24) is 5.32 Å². The fraction of sp³-hybridized carbons (Fsp3) is 0.700. The largest absolute Gasteiger partial charge is 0.381 e. The maximum absolute atomic E-state index is 11.3. The molecule has 1 amide bonds. The first-order valence-electron chi connectivity index (χ1n) is 4.73. The third-order valence-corrected chi connectivity index (χ3v) is 2.37. The topological polar surface area (TPSA) is 38.3 Å². The summed E-state index contributed by atoms with van der Waals surface area (Å²) in [6.07, 6.45) is 2.88. The lowest BCUT2D eigenvalue weighted by Gasteiger charge is -2.09. The van der Waals surface area contributed by atoms with E-state index in [1.54, 1.807) is 0 Å². The van der Waals surface area contributed by atoms with Crippen LogP contribution < -0.4 is 5.32 Å². The Morgan fingerprint density at radius 1 is 1.69 bits per heavy atom. The highest BCUT2D eigenvalue weighted by Crippen LogP contribution is 2.10. The zero-order valence-corrected chi connectivity index (χ0v) is 8.30. The average molecular weight is 183 g/mol. The van der Waals surface area contributed by atoms with Gasteiger partial charge in [0.05, 0.1) is 6.61 Å². The van der Waals surface area contributed by atoms with Crippen LogP contribution in [0.2, 0.25) is 0 Å². The molecule has 0 aromatic rings. The molecule has 13 heavy (non-hydrogen) atoms. The normalized spacial score (nSPS) is 23.2. The van der Waals surface area contributed by atoms with Gasteiger partial charge in [-0.15, -0.1) is 0 Å². The molecule has 3 nitrogen and oxygen atoms in total. The van der Waals surface area contributed by atoms with Crippen molar-refractivity contribution in [1.29, 1.82) is 0 Å². The number of carbonyl (C=O) groups excluding carboxylic acids is 1. The molecular weight excluding hydrogens is 166 g/mol. The molecule has 1 aliphatic rings. The van der Waals surface area contributed by atoms with E-state index >= 15 is 0 Å². The first-order valence-corrected chi connectivity index (χ1v) is 4.73. The predicted octanol–water partition coefficient (Wildman–Crippen LogP) is 1.11. The number of ether oxygens (including phenoxy) is 1. The smallest absolute Gasteiger partial charge is 0.246 e. The van der Waals surface area contributed by atoms with Crippen molar-refractivity contribution in [3.05, 3.63) is 11.6 Å². The Morgan fingerprint density at radius 2 is 2.46 bits per heavy atom. The lowest BCUT2D eigenvalue weighted by atomic mass is 10.1. The second kappa shape index (κ2) is 5.02. The van der Waals surface area contributed by atoms with Crippen LogP contribution in [0.25, 0.3) is 0 Å². The van der Waals surface area contributed by atoms with Crippen LogP contribution in [0.4, 0.5) is 0 Å². The summed E-state index contributed by atoms with van der Waals surface area (Å²) < 4.78 is 5.21. The molecule has 1 atom stereocenters. The molecule has 0 saturated carbocycles. The summed E-state index contributed by atoms with van der Waals surface area (Å²) in [5.41, 5.74) is 0.777. The first kappa shape index (κ1) is 10.3. The Kier molecular flexibility index (Phi) is 3.96. The molecule has 1 N–H and O–H groups in total. The van der Waals surface area contributed by atoms with Crippen molar-refractivity contribution in [2.45, 2.75) is 20.3 Å². The minimum atomic E-state index is 0.0365. The Labute approximate surface area is 79.2 Å². The number of rotatable bonds is 3. The lowest BCUT2D eigenvalue weighted by Crippen LogP contribution is -2.29. The first-order chi connectivity index (χ1) is 6.24. The molecule has 0 spiro atoms. The Balaban J connectivity index is 2.21. The molecule has 1 unspecified atom stereocenters. The average Bonchev–Trinajstić information content (AvgIpc) is 2.65. The number of amides is 1. The Bertz CT molecular complexity index is 205. The zero-order valence-electron chi connectivity index (χ0n) is 8.30. The molecule has 1 saturated heterocycles. The summed E-state index contributed by atoms with van der Waals surface area (Å²) in [5.74, 6) is 0.544. The van der Waals surface area contributed by atoms with Gasteiger partial charge in [-0.05, 0) is 20.3 Å².